The summed E-state index contributed by atoms with van der Waals surface area (Å²) in [6.07, 6.45) is 0. The van der Waals surface area contributed by atoms with Gasteiger partial charge in [0.2, 0.25) is 15.4 Å². The van der Waals surface area contributed by atoms with Gasteiger partial charge in [-0.2, -0.15) is 0 Å². The summed E-state index contributed by atoms with van der Waals surface area (Å²) in [6.45, 7) is 0. The zero-order valence-corrected chi connectivity index (χ0v) is 16.0. The largest absolute Gasteiger partial charge is 0.314 e. The van der Waals surface area contributed by atoms with E-state index in [1.165, 1.54) is 24.3 Å². The van der Waals surface area contributed by atoms with Gasteiger partial charge < -0.3 is 4.98 Å². The summed E-state index contributed by atoms with van der Waals surface area (Å²) >= 11 is 6.90. The van der Waals surface area contributed by atoms with E-state index in [1.807, 2.05) is 0 Å². The third kappa shape index (κ3) is 3.18. The molecule has 0 aliphatic heterocycles. The summed E-state index contributed by atoms with van der Waals surface area (Å²) in [5, 5.41) is 1.11. The van der Waals surface area contributed by atoms with Crippen LogP contribution >= 0.6 is 22.9 Å². The van der Waals surface area contributed by atoms with Gasteiger partial charge in [-0.3, -0.25) is 4.79 Å². The lowest BCUT2D eigenvalue weighted by Gasteiger charge is -2.07. The van der Waals surface area contributed by atoms with Gasteiger partial charge in [0.15, 0.2) is 0 Å². The minimum absolute atomic E-state index is 0.0345. The van der Waals surface area contributed by atoms with E-state index in [0.717, 1.165) is 17.4 Å². The molecule has 0 fully saturated rings. The Hall–Kier alpha value is -2.48. The molecular formula is C19H11ClFNO3S2. The number of fused-ring (bicyclic) bond motifs is 1. The number of H-pyrrole nitrogens is 1. The molecule has 0 atom stereocenters. The summed E-state index contributed by atoms with van der Waals surface area (Å²) in [6, 6.07) is 14.5. The Morgan fingerprint density at radius 2 is 1.74 bits per heavy atom. The summed E-state index contributed by atoms with van der Waals surface area (Å²) in [5.41, 5.74) is 0.751. The van der Waals surface area contributed by atoms with Crippen LogP contribution in [0.1, 0.15) is 0 Å². The molecule has 4 nitrogen and oxygen atoms in total. The predicted octanol–water partition coefficient (Wildman–Crippen LogP) is 4.88. The Morgan fingerprint density at radius 1 is 1.00 bits per heavy atom. The Kier molecular flexibility index (Phi) is 4.38. The molecule has 0 unspecified atom stereocenters. The van der Waals surface area contributed by atoms with Crippen LogP contribution in [-0.2, 0) is 9.84 Å². The Labute approximate surface area is 162 Å². The molecule has 0 aliphatic carbocycles. The number of hydrogen-bond acceptors (Lipinski definition) is 4. The van der Waals surface area contributed by atoms with Gasteiger partial charge in [-0.1, -0.05) is 29.8 Å². The molecule has 0 saturated heterocycles. The molecule has 8 heteroatoms. The molecule has 0 saturated carbocycles. The molecule has 2 heterocycles. The van der Waals surface area contributed by atoms with E-state index in [9.17, 15) is 17.6 Å². The number of thiophene rings is 1. The van der Waals surface area contributed by atoms with Gasteiger partial charge in [0.05, 0.1) is 4.90 Å². The lowest BCUT2D eigenvalue weighted by atomic mass is 10.1. The molecule has 4 rings (SSSR count). The van der Waals surface area contributed by atoms with Gasteiger partial charge in [-0.15, -0.1) is 11.3 Å². The van der Waals surface area contributed by atoms with E-state index >= 15 is 0 Å². The summed E-state index contributed by atoms with van der Waals surface area (Å²) < 4.78 is 40.1. The molecule has 0 bridgehead atoms. The van der Waals surface area contributed by atoms with E-state index < -0.39 is 15.7 Å². The molecule has 27 heavy (non-hydrogen) atoms. The van der Waals surface area contributed by atoms with Crippen molar-refractivity contribution in [3.63, 3.8) is 0 Å². The van der Waals surface area contributed by atoms with Crippen LogP contribution in [0.15, 0.2) is 74.6 Å². The number of aromatic nitrogens is 1. The second-order valence-corrected chi connectivity index (χ2v) is 9.40. The van der Waals surface area contributed by atoms with Crippen LogP contribution in [0, 0.1) is 5.82 Å². The van der Waals surface area contributed by atoms with Crippen molar-refractivity contribution in [2.45, 2.75) is 9.10 Å². The van der Waals surface area contributed by atoms with Gasteiger partial charge in [0.25, 0.3) is 0 Å². The fourth-order valence-corrected chi connectivity index (χ4v) is 6.09. The second-order valence-electron chi connectivity index (χ2n) is 5.80. The van der Waals surface area contributed by atoms with Crippen LogP contribution in [0.2, 0.25) is 5.02 Å². The number of benzene rings is 2. The molecule has 136 valence electrons. The highest BCUT2D eigenvalue weighted by Gasteiger charge is 2.27. The van der Waals surface area contributed by atoms with Crippen LogP contribution in [0.4, 0.5) is 4.39 Å². The van der Waals surface area contributed by atoms with Gasteiger partial charge in [-0.05, 0) is 42.0 Å². The average molecular weight is 420 g/mol. The third-order valence-electron chi connectivity index (χ3n) is 4.03. The standard InChI is InChI=1S/C19H11ClFNO3S2/c20-12-6-4-11(5-7-12)17-15-8-9-16(23)22-18(15)26-19(17)27(24,25)14-3-1-2-13(21)10-14/h1-10H,(H,22,23). The number of aromatic amines is 1. The molecule has 1 N–H and O–H groups in total. The van der Waals surface area contributed by atoms with Crippen LogP contribution < -0.4 is 5.56 Å². The Morgan fingerprint density at radius 3 is 2.44 bits per heavy atom. The van der Waals surface area contributed by atoms with E-state index in [4.69, 9.17) is 11.6 Å². The topological polar surface area (TPSA) is 67.0 Å². The summed E-state index contributed by atoms with van der Waals surface area (Å²) in [4.78, 5) is 14.6. The Balaban J connectivity index is 2.07. The van der Waals surface area contributed by atoms with E-state index in [1.54, 1.807) is 30.3 Å². The summed E-state index contributed by atoms with van der Waals surface area (Å²) in [5.74, 6) is -0.640. The van der Waals surface area contributed by atoms with Crippen molar-refractivity contribution in [1.82, 2.24) is 4.98 Å². The van der Waals surface area contributed by atoms with Gasteiger partial charge >= 0.3 is 0 Å². The molecule has 4 aromatic rings. The first-order chi connectivity index (χ1) is 12.9. The quantitative estimate of drug-likeness (QED) is 0.514. The zero-order chi connectivity index (χ0) is 19.2. The average Bonchev–Trinajstić information content (AvgIpc) is 3.01. The third-order valence-corrected chi connectivity index (χ3v) is 7.68. The number of hydrogen-bond donors (Lipinski definition) is 1. The lowest BCUT2D eigenvalue weighted by molar-refractivity contribution is 0.593. The fourth-order valence-electron chi connectivity index (χ4n) is 2.81. The normalized spacial score (nSPS) is 11.8. The smallest absolute Gasteiger partial charge is 0.249 e. The molecule has 0 amide bonds. The first-order valence-corrected chi connectivity index (χ1v) is 10.5. The minimum atomic E-state index is -4.00. The SMILES string of the molecule is O=c1ccc2c(-c3ccc(Cl)cc3)c(S(=O)(=O)c3cccc(F)c3)sc2[nH]1. The molecule has 0 aliphatic rings. The number of sulfone groups is 1. The Bertz CT molecular complexity index is 1330. The maximum Gasteiger partial charge on any atom is 0.249 e. The minimum Gasteiger partial charge on any atom is -0.314 e. The maximum atomic E-state index is 13.6. The van der Waals surface area contributed by atoms with E-state index in [-0.39, 0.29) is 14.7 Å². The maximum absolute atomic E-state index is 13.6. The molecule has 2 aromatic heterocycles. The first-order valence-electron chi connectivity index (χ1n) is 7.79. The number of halogens is 2. The zero-order valence-electron chi connectivity index (χ0n) is 13.6. The lowest BCUT2D eigenvalue weighted by Crippen LogP contribution is -2.02. The van der Waals surface area contributed by atoms with Crippen molar-refractivity contribution >= 4 is 43.0 Å². The van der Waals surface area contributed by atoms with Crippen molar-refractivity contribution in [3.8, 4) is 11.1 Å². The van der Waals surface area contributed by atoms with Gasteiger partial charge in [0.1, 0.15) is 14.9 Å². The summed E-state index contributed by atoms with van der Waals surface area (Å²) in [7, 11) is -4.00. The van der Waals surface area contributed by atoms with E-state index in [2.05, 4.69) is 4.98 Å². The van der Waals surface area contributed by atoms with Crippen molar-refractivity contribution in [1.29, 1.82) is 0 Å². The van der Waals surface area contributed by atoms with Crippen molar-refractivity contribution < 1.29 is 12.8 Å². The highest BCUT2D eigenvalue weighted by molar-refractivity contribution is 7.93. The highest BCUT2D eigenvalue weighted by atomic mass is 35.5. The van der Waals surface area contributed by atoms with Crippen molar-refractivity contribution in [2.75, 3.05) is 0 Å². The molecular weight excluding hydrogens is 409 g/mol. The van der Waals surface area contributed by atoms with Crippen LogP contribution in [-0.4, -0.2) is 13.4 Å². The molecule has 2 aromatic carbocycles. The molecule has 0 radical (unpaired) electrons. The van der Waals surface area contributed by atoms with Crippen molar-refractivity contribution in [3.05, 3.63) is 81.9 Å². The second kappa shape index (κ2) is 6.60. The van der Waals surface area contributed by atoms with Crippen molar-refractivity contribution in [2.24, 2.45) is 0 Å². The number of pyridine rings is 1. The first kappa shape index (κ1) is 17.9. The van der Waals surface area contributed by atoms with Crippen LogP contribution in [0.5, 0.6) is 0 Å². The monoisotopic (exact) mass is 419 g/mol. The molecule has 0 spiro atoms. The highest BCUT2D eigenvalue weighted by Crippen LogP contribution is 2.42. The number of rotatable bonds is 3. The number of nitrogens with one attached hydrogen (secondary N) is 1. The van der Waals surface area contributed by atoms with Gasteiger partial charge in [0, 0.05) is 22.0 Å². The van der Waals surface area contributed by atoms with Crippen LogP contribution in [0.3, 0.4) is 0 Å². The predicted molar refractivity (Wildman–Crippen MR) is 105 cm³/mol. The van der Waals surface area contributed by atoms with E-state index in [0.29, 0.717) is 26.4 Å². The van der Waals surface area contributed by atoms with Gasteiger partial charge in [-0.25, -0.2) is 12.8 Å². The fraction of sp³-hybridized carbons (Fsp3) is 0. The van der Waals surface area contributed by atoms with Crippen LogP contribution in [0.25, 0.3) is 21.3 Å².